The molecule has 98 heavy (non-hydrogen) atoms. The van der Waals surface area contributed by atoms with Crippen LogP contribution < -0.4 is 0 Å². The van der Waals surface area contributed by atoms with Gasteiger partial charge < -0.3 is 33.8 Å². The number of carbonyl (C=O) groups excluding carboxylic acids is 4. The molecule has 0 radical (unpaired) electrons. The lowest BCUT2D eigenvalue weighted by atomic mass is 10.00. The van der Waals surface area contributed by atoms with Gasteiger partial charge in [-0.15, -0.1) is 0 Å². The number of aliphatic hydroxyl groups is 1. The molecular weight excluding hydrogens is 1280 g/mol. The molecular formula is C79H154O17P2. The largest absolute Gasteiger partial charge is 0.472 e. The van der Waals surface area contributed by atoms with E-state index < -0.39 is 97.5 Å². The number of phosphoric ester groups is 2. The molecule has 0 saturated heterocycles. The van der Waals surface area contributed by atoms with Crippen molar-refractivity contribution in [3.63, 3.8) is 0 Å². The summed E-state index contributed by atoms with van der Waals surface area (Å²) in [6, 6.07) is 0. The molecule has 6 atom stereocenters. The molecule has 0 rings (SSSR count). The van der Waals surface area contributed by atoms with Crippen molar-refractivity contribution in [2.75, 3.05) is 39.6 Å². The molecule has 19 heteroatoms. The number of carbonyl (C=O) groups is 4. The van der Waals surface area contributed by atoms with Crippen molar-refractivity contribution in [1.29, 1.82) is 0 Å². The fourth-order valence-electron chi connectivity index (χ4n) is 12.1. The minimum Gasteiger partial charge on any atom is -0.462 e. The molecule has 0 aliphatic heterocycles. The average molecular weight is 1440 g/mol. The highest BCUT2D eigenvalue weighted by Gasteiger charge is 2.30. The van der Waals surface area contributed by atoms with E-state index in [9.17, 15) is 43.2 Å². The Morgan fingerprint density at radius 2 is 0.520 bits per heavy atom. The molecule has 0 aromatic heterocycles. The van der Waals surface area contributed by atoms with Crippen molar-refractivity contribution in [3.05, 3.63) is 0 Å². The molecule has 0 bridgehead atoms. The Kier molecular flexibility index (Phi) is 68.1. The van der Waals surface area contributed by atoms with Gasteiger partial charge in [-0.2, -0.15) is 0 Å². The van der Waals surface area contributed by atoms with Gasteiger partial charge in [-0.25, -0.2) is 9.13 Å². The van der Waals surface area contributed by atoms with Gasteiger partial charge in [-0.3, -0.25) is 37.3 Å². The molecule has 0 aromatic carbocycles. The van der Waals surface area contributed by atoms with E-state index in [0.29, 0.717) is 25.7 Å². The summed E-state index contributed by atoms with van der Waals surface area (Å²) in [5.74, 6) is 0.163. The second-order valence-corrected chi connectivity index (χ2v) is 32.6. The number of ether oxygens (including phenoxy) is 4. The van der Waals surface area contributed by atoms with Crippen LogP contribution in [0.5, 0.6) is 0 Å². The van der Waals surface area contributed by atoms with E-state index in [4.69, 9.17) is 37.0 Å². The normalized spacial score (nSPS) is 14.3. The summed E-state index contributed by atoms with van der Waals surface area (Å²) in [5.41, 5.74) is 0. The maximum absolute atomic E-state index is 13.1. The van der Waals surface area contributed by atoms with Gasteiger partial charge in [0, 0.05) is 25.7 Å². The Hall–Kier alpha value is -1.94. The first kappa shape index (κ1) is 96.1. The second-order valence-electron chi connectivity index (χ2n) is 29.6. The van der Waals surface area contributed by atoms with E-state index in [2.05, 4.69) is 48.5 Å². The van der Waals surface area contributed by atoms with Crippen molar-refractivity contribution in [1.82, 2.24) is 0 Å². The molecule has 17 nitrogen and oxygen atoms in total. The molecule has 0 saturated carbocycles. The number of rotatable bonds is 77. The lowest BCUT2D eigenvalue weighted by Gasteiger charge is -2.21. The molecule has 0 fully saturated rings. The summed E-state index contributed by atoms with van der Waals surface area (Å²) in [4.78, 5) is 72.9. The summed E-state index contributed by atoms with van der Waals surface area (Å²) < 4.78 is 68.6. The van der Waals surface area contributed by atoms with Crippen LogP contribution in [0.25, 0.3) is 0 Å². The van der Waals surface area contributed by atoms with Gasteiger partial charge in [0.25, 0.3) is 0 Å². The molecule has 0 spiro atoms. The number of aliphatic hydroxyl groups excluding tert-OH is 1. The van der Waals surface area contributed by atoms with Gasteiger partial charge in [0.15, 0.2) is 12.2 Å². The number of esters is 4. The van der Waals surface area contributed by atoms with Crippen LogP contribution in [0.1, 0.15) is 408 Å². The highest BCUT2D eigenvalue weighted by Crippen LogP contribution is 2.45. The van der Waals surface area contributed by atoms with Crippen LogP contribution >= 0.6 is 15.6 Å². The van der Waals surface area contributed by atoms with Gasteiger partial charge in [-0.05, 0) is 43.4 Å². The second kappa shape index (κ2) is 69.4. The number of unbranched alkanes of at least 4 members (excludes halogenated alkanes) is 44. The highest BCUT2D eigenvalue weighted by atomic mass is 31.2. The minimum atomic E-state index is -4.96. The van der Waals surface area contributed by atoms with Crippen molar-refractivity contribution < 1.29 is 80.2 Å². The van der Waals surface area contributed by atoms with Crippen molar-refractivity contribution in [3.8, 4) is 0 Å². The van der Waals surface area contributed by atoms with Gasteiger partial charge in [0.05, 0.1) is 26.4 Å². The first-order valence-corrected chi connectivity index (χ1v) is 43.9. The summed E-state index contributed by atoms with van der Waals surface area (Å²) in [6.07, 6.45) is 56.9. The Morgan fingerprint density at radius 1 is 0.296 bits per heavy atom. The summed E-state index contributed by atoms with van der Waals surface area (Å²) in [6.45, 7) is 11.9. The Bertz CT molecular complexity index is 1910. The standard InChI is InChI=1S/C79H154O17P2/c1-8-10-11-12-13-14-15-16-17-18-19-20-21-22-29-34-39-48-55-62-78(83)95-74(66-89-76(81)60-53-46-38-33-28-24-23-26-31-36-43-50-57-70(3)4)68-93-97(85,86)91-64-73(80)65-92-98(87,88)94-69-75(67-90-77(82)61-54-47-42-41-45-52-59-72(7)9-2)96-79(84)63-56-49-40-35-30-25-27-32-37-44-51-58-71(5)6/h70-75,80H,8-69H2,1-7H3,(H,85,86)(H,87,88)/t72?,73-,74-,75-/m1/s1. The quantitative estimate of drug-likeness (QED) is 0.0222. The van der Waals surface area contributed by atoms with Gasteiger partial charge >= 0.3 is 39.5 Å². The topological polar surface area (TPSA) is 237 Å². The predicted octanol–water partition coefficient (Wildman–Crippen LogP) is 23.4. The maximum atomic E-state index is 13.1. The fourth-order valence-corrected chi connectivity index (χ4v) is 13.7. The number of phosphoric acid groups is 2. The monoisotopic (exact) mass is 1440 g/mol. The third-order valence-corrected chi connectivity index (χ3v) is 20.6. The Morgan fingerprint density at radius 3 is 0.776 bits per heavy atom. The predicted molar refractivity (Wildman–Crippen MR) is 400 cm³/mol. The molecule has 0 aliphatic carbocycles. The highest BCUT2D eigenvalue weighted by molar-refractivity contribution is 7.47. The molecule has 0 heterocycles. The van der Waals surface area contributed by atoms with Crippen LogP contribution in [0.15, 0.2) is 0 Å². The number of hydrogen-bond acceptors (Lipinski definition) is 15. The first-order valence-electron chi connectivity index (χ1n) is 40.9. The zero-order valence-corrected chi connectivity index (χ0v) is 66.0. The fraction of sp³-hybridized carbons (Fsp3) is 0.949. The molecule has 3 unspecified atom stereocenters. The summed E-state index contributed by atoms with van der Waals surface area (Å²) in [5, 5.41) is 10.6. The van der Waals surface area contributed by atoms with E-state index in [1.54, 1.807) is 0 Å². The van der Waals surface area contributed by atoms with Crippen LogP contribution in [0, 0.1) is 17.8 Å². The maximum Gasteiger partial charge on any atom is 0.472 e. The van der Waals surface area contributed by atoms with Crippen molar-refractivity contribution in [2.45, 2.75) is 426 Å². The van der Waals surface area contributed by atoms with Gasteiger partial charge in [0.1, 0.15) is 19.3 Å². The van der Waals surface area contributed by atoms with Crippen LogP contribution in [-0.4, -0.2) is 96.7 Å². The molecule has 0 aromatic rings. The lowest BCUT2D eigenvalue weighted by Crippen LogP contribution is -2.30. The van der Waals surface area contributed by atoms with Crippen LogP contribution in [0.3, 0.4) is 0 Å². The smallest absolute Gasteiger partial charge is 0.462 e. The van der Waals surface area contributed by atoms with Gasteiger partial charge in [0.2, 0.25) is 0 Å². The van der Waals surface area contributed by atoms with Crippen molar-refractivity contribution >= 4 is 39.5 Å². The first-order chi connectivity index (χ1) is 47.3. The minimum absolute atomic E-state index is 0.105. The molecule has 0 aliphatic rings. The SMILES string of the molecule is CCCCCCCCCCCCCCCCCCCCCC(=O)O[C@H](COC(=O)CCCCCCCCCCCCCCC(C)C)COP(=O)(O)OC[C@@H](O)COP(=O)(O)OC[C@@H](COC(=O)CCCCCCCCC(C)CC)OC(=O)CCCCCCCCCCCCCC(C)C. The summed E-state index contributed by atoms with van der Waals surface area (Å²) >= 11 is 0. The summed E-state index contributed by atoms with van der Waals surface area (Å²) in [7, 11) is -9.92. The van der Waals surface area contributed by atoms with E-state index >= 15 is 0 Å². The lowest BCUT2D eigenvalue weighted by molar-refractivity contribution is -0.161. The third-order valence-electron chi connectivity index (χ3n) is 18.7. The van der Waals surface area contributed by atoms with E-state index in [-0.39, 0.29) is 25.7 Å². The Balaban J connectivity index is 5.25. The zero-order valence-electron chi connectivity index (χ0n) is 64.3. The zero-order chi connectivity index (χ0) is 72.3. The van der Waals surface area contributed by atoms with Crippen LogP contribution in [0.2, 0.25) is 0 Å². The van der Waals surface area contributed by atoms with Gasteiger partial charge in [-0.1, -0.05) is 357 Å². The number of hydrogen-bond donors (Lipinski definition) is 3. The molecule has 3 N–H and O–H groups in total. The van der Waals surface area contributed by atoms with E-state index in [1.807, 2.05) is 0 Å². The third kappa shape index (κ3) is 71.1. The van der Waals surface area contributed by atoms with Crippen LogP contribution in [-0.2, 0) is 65.4 Å². The Labute approximate surface area is 600 Å². The molecule has 0 amide bonds. The average Bonchev–Trinajstić information content (AvgIpc) is 2.74. The van der Waals surface area contributed by atoms with Crippen molar-refractivity contribution in [2.24, 2.45) is 17.8 Å². The van der Waals surface area contributed by atoms with Crippen LogP contribution in [0.4, 0.5) is 0 Å². The van der Waals surface area contributed by atoms with E-state index in [0.717, 1.165) is 114 Å². The molecule has 582 valence electrons. The van der Waals surface area contributed by atoms with E-state index in [1.165, 1.54) is 212 Å².